The molecule has 2 amide bonds. The summed E-state index contributed by atoms with van der Waals surface area (Å²) < 4.78 is 38.0. The van der Waals surface area contributed by atoms with E-state index in [4.69, 9.17) is 0 Å². The Kier molecular flexibility index (Phi) is 6.90. The van der Waals surface area contributed by atoms with Gasteiger partial charge in [-0.05, 0) is 48.2 Å². The molecule has 0 radical (unpaired) electrons. The Bertz CT molecular complexity index is 1130. The van der Waals surface area contributed by atoms with Crippen LogP contribution in [0.3, 0.4) is 0 Å². The molecular weight excluding hydrogens is 445 g/mol. The van der Waals surface area contributed by atoms with Crippen molar-refractivity contribution in [3.05, 3.63) is 83.9 Å². The summed E-state index contributed by atoms with van der Waals surface area (Å²) >= 11 is 0. The molecule has 1 fully saturated rings. The first-order valence-electron chi connectivity index (χ1n) is 10.9. The van der Waals surface area contributed by atoms with E-state index in [0.717, 1.165) is 23.3 Å². The normalized spacial score (nSPS) is 14.6. The summed E-state index contributed by atoms with van der Waals surface area (Å²) in [5.41, 5.74) is 2.24. The molecule has 2 aromatic carbocycles. The van der Waals surface area contributed by atoms with E-state index in [0.29, 0.717) is 37.1 Å². The van der Waals surface area contributed by atoms with Crippen LogP contribution >= 0.6 is 0 Å². The fourth-order valence-electron chi connectivity index (χ4n) is 3.93. The van der Waals surface area contributed by atoms with E-state index in [2.05, 4.69) is 15.3 Å². The summed E-state index contributed by atoms with van der Waals surface area (Å²) in [4.78, 5) is 35.1. The Morgan fingerprint density at radius 2 is 1.53 bits per heavy atom. The van der Waals surface area contributed by atoms with Gasteiger partial charge in [-0.3, -0.25) is 9.59 Å². The zero-order valence-electron chi connectivity index (χ0n) is 18.3. The van der Waals surface area contributed by atoms with Crippen molar-refractivity contribution in [3.8, 4) is 11.1 Å². The summed E-state index contributed by atoms with van der Waals surface area (Å²) in [5, 5.41) is 2.79. The van der Waals surface area contributed by atoms with Gasteiger partial charge in [0.15, 0.2) is 0 Å². The molecule has 1 aromatic heterocycles. The fraction of sp³-hybridized carbons (Fsp3) is 0.280. The SMILES string of the molecule is O=C(NCc1ccc(C(F)(F)F)cc1)C1CCN(C(=O)c2ccc(-c3cncnc3)cc2)CC1. The van der Waals surface area contributed by atoms with Crippen molar-refractivity contribution in [1.82, 2.24) is 20.2 Å². The molecule has 0 aliphatic carbocycles. The summed E-state index contributed by atoms with van der Waals surface area (Å²) in [6.07, 6.45) is 1.55. The van der Waals surface area contributed by atoms with Gasteiger partial charge in [-0.2, -0.15) is 13.2 Å². The van der Waals surface area contributed by atoms with Crippen LogP contribution in [0.1, 0.15) is 34.3 Å². The molecule has 1 saturated heterocycles. The average Bonchev–Trinajstić information content (AvgIpc) is 2.87. The highest BCUT2D eigenvalue weighted by molar-refractivity contribution is 5.95. The lowest BCUT2D eigenvalue weighted by molar-refractivity contribution is -0.137. The van der Waals surface area contributed by atoms with E-state index < -0.39 is 11.7 Å². The zero-order chi connectivity index (χ0) is 24.1. The monoisotopic (exact) mass is 468 g/mol. The number of likely N-dealkylation sites (tertiary alicyclic amines) is 1. The van der Waals surface area contributed by atoms with Gasteiger partial charge in [0.25, 0.3) is 5.91 Å². The van der Waals surface area contributed by atoms with Gasteiger partial charge in [0, 0.05) is 49.1 Å². The van der Waals surface area contributed by atoms with Gasteiger partial charge in [-0.25, -0.2) is 9.97 Å². The first-order valence-corrected chi connectivity index (χ1v) is 10.9. The molecule has 9 heteroatoms. The van der Waals surface area contributed by atoms with Gasteiger partial charge < -0.3 is 10.2 Å². The van der Waals surface area contributed by atoms with Gasteiger partial charge in [0.05, 0.1) is 5.56 Å². The van der Waals surface area contributed by atoms with Crippen molar-refractivity contribution < 1.29 is 22.8 Å². The number of alkyl halides is 3. The van der Waals surface area contributed by atoms with Crippen LogP contribution in [-0.4, -0.2) is 39.8 Å². The molecule has 6 nitrogen and oxygen atoms in total. The first kappa shape index (κ1) is 23.4. The number of amides is 2. The molecule has 0 spiro atoms. The maximum absolute atomic E-state index is 12.9. The lowest BCUT2D eigenvalue weighted by atomic mass is 9.95. The largest absolute Gasteiger partial charge is 0.416 e. The highest BCUT2D eigenvalue weighted by Crippen LogP contribution is 2.29. The number of hydrogen-bond donors (Lipinski definition) is 1. The van der Waals surface area contributed by atoms with E-state index >= 15 is 0 Å². The van der Waals surface area contributed by atoms with Gasteiger partial charge in [-0.1, -0.05) is 24.3 Å². The molecular formula is C25H23F3N4O2. The van der Waals surface area contributed by atoms with E-state index in [9.17, 15) is 22.8 Å². The minimum atomic E-state index is -4.38. The van der Waals surface area contributed by atoms with Crippen LogP contribution in [0.25, 0.3) is 11.1 Å². The molecule has 4 rings (SSSR count). The van der Waals surface area contributed by atoms with Crippen LogP contribution in [0.15, 0.2) is 67.3 Å². The third-order valence-electron chi connectivity index (χ3n) is 5.93. The van der Waals surface area contributed by atoms with E-state index in [-0.39, 0.29) is 24.3 Å². The fourth-order valence-corrected chi connectivity index (χ4v) is 3.93. The second-order valence-corrected chi connectivity index (χ2v) is 8.18. The van der Waals surface area contributed by atoms with Crippen LogP contribution < -0.4 is 5.32 Å². The van der Waals surface area contributed by atoms with Gasteiger partial charge in [-0.15, -0.1) is 0 Å². The molecule has 0 saturated carbocycles. The lowest BCUT2D eigenvalue weighted by Gasteiger charge is -2.31. The molecule has 1 aliphatic heterocycles. The number of rotatable bonds is 5. The molecule has 176 valence electrons. The maximum Gasteiger partial charge on any atom is 0.416 e. The maximum atomic E-state index is 12.9. The Balaban J connectivity index is 1.26. The zero-order valence-corrected chi connectivity index (χ0v) is 18.3. The Morgan fingerprint density at radius 1 is 0.912 bits per heavy atom. The number of carbonyl (C=O) groups excluding carboxylic acids is 2. The van der Waals surface area contributed by atoms with Gasteiger partial charge in [0.1, 0.15) is 6.33 Å². The second-order valence-electron chi connectivity index (χ2n) is 8.18. The van der Waals surface area contributed by atoms with E-state index in [1.807, 2.05) is 12.1 Å². The molecule has 1 aliphatic rings. The average molecular weight is 468 g/mol. The van der Waals surface area contributed by atoms with Crippen LogP contribution in [-0.2, 0) is 17.5 Å². The number of benzene rings is 2. The number of hydrogen-bond acceptors (Lipinski definition) is 4. The first-order chi connectivity index (χ1) is 16.3. The number of carbonyl (C=O) groups is 2. The number of halogens is 3. The quantitative estimate of drug-likeness (QED) is 0.605. The van der Waals surface area contributed by atoms with E-state index in [1.165, 1.54) is 18.5 Å². The van der Waals surface area contributed by atoms with Crippen LogP contribution in [0.2, 0.25) is 0 Å². The van der Waals surface area contributed by atoms with Crippen molar-refractivity contribution in [1.29, 1.82) is 0 Å². The third-order valence-corrected chi connectivity index (χ3v) is 5.93. The molecule has 2 heterocycles. The molecule has 3 aromatic rings. The van der Waals surface area contributed by atoms with Gasteiger partial charge in [0.2, 0.25) is 5.91 Å². The predicted molar refractivity (Wildman–Crippen MR) is 119 cm³/mol. The van der Waals surface area contributed by atoms with Crippen molar-refractivity contribution in [3.63, 3.8) is 0 Å². The number of nitrogens with one attached hydrogen (secondary N) is 1. The molecule has 0 unspecified atom stereocenters. The second kappa shape index (κ2) is 10.0. The molecule has 0 atom stereocenters. The molecule has 1 N–H and O–H groups in total. The number of nitrogens with zero attached hydrogens (tertiary/aromatic N) is 3. The van der Waals surface area contributed by atoms with E-state index in [1.54, 1.807) is 29.4 Å². The minimum absolute atomic E-state index is 0.0838. The van der Waals surface area contributed by atoms with Crippen molar-refractivity contribution >= 4 is 11.8 Å². The Hall–Kier alpha value is -3.75. The Morgan fingerprint density at radius 3 is 2.12 bits per heavy atom. The molecule has 34 heavy (non-hydrogen) atoms. The summed E-state index contributed by atoms with van der Waals surface area (Å²) in [6.45, 7) is 1.09. The van der Waals surface area contributed by atoms with Gasteiger partial charge >= 0.3 is 6.18 Å². The topological polar surface area (TPSA) is 75.2 Å². The highest BCUT2D eigenvalue weighted by Gasteiger charge is 2.30. The van der Waals surface area contributed by atoms with Crippen molar-refractivity contribution in [2.75, 3.05) is 13.1 Å². The van der Waals surface area contributed by atoms with Crippen LogP contribution in [0.5, 0.6) is 0 Å². The third kappa shape index (κ3) is 5.59. The summed E-state index contributed by atoms with van der Waals surface area (Å²) in [5.74, 6) is -0.472. The minimum Gasteiger partial charge on any atom is -0.352 e. The highest BCUT2D eigenvalue weighted by atomic mass is 19.4. The number of piperidine rings is 1. The van der Waals surface area contributed by atoms with Crippen LogP contribution in [0.4, 0.5) is 13.2 Å². The van der Waals surface area contributed by atoms with Crippen molar-refractivity contribution in [2.24, 2.45) is 5.92 Å². The van der Waals surface area contributed by atoms with Crippen LogP contribution in [0, 0.1) is 5.92 Å². The summed E-state index contributed by atoms with van der Waals surface area (Å²) in [7, 11) is 0. The molecule has 0 bridgehead atoms. The predicted octanol–water partition coefficient (Wildman–Crippen LogP) is 4.33. The summed E-state index contributed by atoms with van der Waals surface area (Å²) in [6, 6.07) is 12.0. The standard InChI is InChI=1S/C25H23F3N4O2/c26-25(27,28)22-7-1-17(2-8-22)13-31-23(33)19-9-11-32(12-10-19)24(34)20-5-3-18(4-6-20)21-14-29-16-30-15-21/h1-8,14-16,19H,9-13H2,(H,31,33). The van der Waals surface area contributed by atoms with Crippen molar-refractivity contribution in [2.45, 2.75) is 25.6 Å². The smallest absolute Gasteiger partial charge is 0.352 e. The number of aromatic nitrogens is 2. The Labute approximate surface area is 194 Å². The lowest BCUT2D eigenvalue weighted by Crippen LogP contribution is -2.42.